The maximum Gasteiger partial charge on any atom is 0.416 e. The van der Waals surface area contributed by atoms with E-state index in [2.05, 4.69) is 5.32 Å². The first-order valence-corrected chi connectivity index (χ1v) is 15.6. The summed E-state index contributed by atoms with van der Waals surface area (Å²) in [5.74, 6) is 0.219. The van der Waals surface area contributed by atoms with E-state index in [4.69, 9.17) is 9.97 Å². The Hall–Kier alpha value is -4.36. The highest BCUT2D eigenvalue weighted by Gasteiger charge is 2.38. The SMILES string of the molecule is Cc1ccccc1-c1nc(N2CCC(N3CCCC3=O)CC2)nc2c1C(=O)N(Cc1cc(C(F)(F)F)cc(C(F)(F)F)c1)CCCN2. The fourth-order valence-electron chi connectivity index (χ4n) is 6.61. The van der Waals surface area contributed by atoms with E-state index in [1.54, 1.807) is 6.07 Å². The van der Waals surface area contributed by atoms with Gasteiger partial charge in [0.15, 0.2) is 0 Å². The van der Waals surface area contributed by atoms with Crippen molar-refractivity contribution in [2.75, 3.05) is 42.9 Å². The van der Waals surface area contributed by atoms with Crippen molar-refractivity contribution >= 4 is 23.6 Å². The van der Waals surface area contributed by atoms with Gasteiger partial charge in [0.05, 0.1) is 16.8 Å². The molecule has 47 heavy (non-hydrogen) atoms. The number of amides is 2. The van der Waals surface area contributed by atoms with E-state index < -0.39 is 35.9 Å². The highest BCUT2D eigenvalue weighted by atomic mass is 19.4. The van der Waals surface area contributed by atoms with E-state index >= 15 is 0 Å². The molecule has 1 N–H and O–H groups in total. The number of fused-ring (bicyclic) bond motifs is 1. The summed E-state index contributed by atoms with van der Waals surface area (Å²) < 4.78 is 81.6. The number of nitrogens with zero attached hydrogens (tertiary/aromatic N) is 5. The van der Waals surface area contributed by atoms with Gasteiger partial charge in [-0.05, 0) is 61.9 Å². The number of nitrogens with one attached hydrogen (secondary N) is 1. The number of anilines is 2. The second-order valence-corrected chi connectivity index (χ2v) is 12.2. The maximum absolute atomic E-state index is 14.3. The van der Waals surface area contributed by atoms with Gasteiger partial charge >= 0.3 is 12.4 Å². The number of alkyl halides is 6. The second kappa shape index (κ2) is 12.7. The van der Waals surface area contributed by atoms with Crippen LogP contribution in [0.3, 0.4) is 0 Å². The van der Waals surface area contributed by atoms with Crippen LogP contribution in [0.15, 0.2) is 42.5 Å². The molecule has 4 heterocycles. The van der Waals surface area contributed by atoms with E-state index in [0.29, 0.717) is 61.8 Å². The monoisotopic (exact) mass is 660 g/mol. The molecule has 250 valence electrons. The second-order valence-electron chi connectivity index (χ2n) is 12.2. The highest BCUT2D eigenvalue weighted by Crippen LogP contribution is 2.38. The molecule has 0 spiro atoms. The molecule has 0 radical (unpaired) electrons. The number of aromatic nitrogens is 2. The minimum atomic E-state index is -5.01. The first kappa shape index (κ1) is 32.6. The lowest BCUT2D eigenvalue weighted by Crippen LogP contribution is -2.46. The third-order valence-electron chi connectivity index (χ3n) is 9.01. The zero-order valence-corrected chi connectivity index (χ0v) is 25.7. The molecule has 3 aliphatic heterocycles. The molecule has 0 aliphatic carbocycles. The molecule has 2 aromatic carbocycles. The van der Waals surface area contributed by atoms with Crippen LogP contribution >= 0.6 is 0 Å². The summed E-state index contributed by atoms with van der Waals surface area (Å²) in [6, 6.07) is 8.85. The first-order valence-electron chi connectivity index (χ1n) is 15.6. The average molecular weight is 661 g/mol. The van der Waals surface area contributed by atoms with Crippen LogP contribution in [-0.2, 0) is 23.7 Å². The van der Waals surface area contributed by atoms with Crippen molar-refractivity contribution in [2.24, 2.45) is 0 Å². The molecule has 0 unspecified atom stereocenters. The first-order chi connectivity index (χ1) is 22.3. The molecule has 3 aromatic rings. The minimum absolute atomic E-state index is 0.0788. The lowest BCUT2D eigenvalue weighted by Gasteiger charge is -2.37. The normalized spacial score (nSPS) is 18.2. The van der Waals surface area contributed by atoms with Crippen molar-refractivity contribution in [3.05, 3.63) is 70.3 Å². The van der Waals surface area contributed by atoms with Crippen LogP contribution in [0.2, 0.25) is 0 Å². The van der Waals surface area contributed by atoms with Gasteiger partial charge in [0.2, 0.25) is 11.9 Å². The number of likely N-dealkylation sites (tertiary alicyclic amines) is 1. The summed E-state index contributed by atoms with van der Waals surface area (Å²) in [6.07, 6.45) is -6.72. The van der Waals surface area contributed by atoms with Gasteiger partial charge in [0, 0.05) is 57.3 Å². The number of carbonyl (C=O) groups excluding carboxylic acids is 2. The molecule has 2 saturated heterocycles. The van der Waals surface area contributed by atoms with Crippen molar-refractivity contribution in [2.45, 2.75) is 64.0 Å². The fraction of sp³-hybridized carbons (Fsp3) is 0.455. The zero-order chi connectivity index (χ0) is 33.5. The van der Waals surface area contributed by atoms with E-state index in [-0.39, 0.29) is 41.5 Å². The number of hydrogen-bond acceptors (Lipinski definition) is 6. The Morgan fingerprint density at radius 2 is 1.55 bits per heavy atom. The Kier molecular flexibility index (Phi) is 8.79. The smallest absolute Gasteiger partial charge is 0.369 e. The summed E-state index contributed by atoms with van der Waals surface area (Å²) >= 11 is 0. The lowest BCUT2D eigenvalue weighted by atomic mass is 9.99. The van der Waals surface area contributed by atoms with Gasteiger partial charge in [-0.15, -0.1) is 0 Å². The Morgan fingerprint density at radius 3 is 2.17 bits per heavy atom. The number of benzene rings is 2. The van der Waals surface area contributed by atoms with Gasteiger partial charge in [-0.25, -0.2) is 4.98 Å². The van der Waals surface area contributed by atoms with E-state index in [0.717, 1.165) is 31.4 Å². The standard InChI is InChI=1S/C33H34F6N6O2/c1-20-6-2-3-7-25(20)28-27-29(42-31(41-28)43-14-9-24(10-15-43)45-13-4-8-26(45)46)40-11-5-12-44(30(27)47)19-21-16-22(32(34,35)36)18-23(17-21)33(37,38)39/h2-3,6-7,16-18,24H,4-5,8-15,19H2,1H3,(H,40,41,42). The van der Waals surface area contributed by atoms with Crippen LogP contribution in [0.5, 0.6) is 0 Å². The third-order valence-corrected chi connectivity index (χ3v) is 9.01. The lowest BCUT2D eigenvalue weighted by molar-refractivity contribution is -0.143. The molecule has 0 saturated carbocycles. The van der Waals surface area contributed by atoms with Crippen LogP contribution in [-0.4, -0.2) is 70.3 Å². The molecule has 6 rings (SSSR count). The number of rotatable bonds is 5. The number of carbonyl (C=O) groups is 2. The van der Waals surface area contributed by atoms with Crippen molar-refractivity contribution in [3.8, 4) is 11.3 Å². The van der Waals surface area contributed by atoms with E-state index in [1.807, 2.05) is 34.9 Å². The van der Waals surface area contributed by atoms with Crippen LogP contribution in [0, 0.1) is 6.92 Å². The number of halogens is 6. The van der Waals surface area contributed by atoms with Gasteiger partial charge in [-0.1, -0.05) is 24.3 Å². The van der Waals surface area contributed by atoms with Crippen molar-refractivity contribution in [1.82, 2.24) is 19.8 Å². The number of hydrogen-bond donors (Lipinski definition) is 1. The Bertz CT molecular complexity index is 1640. The van der Waals surface area contributed by atoms with E-state index in [9.17, 15) is 35.9 Å². The summed E-state index contributed by atoms with van der Waals surface area (Å²) in [6.45, 7) is 3.79. The Labute approximate surface area is 267 Å². The summed E-state index contributed by atoms with van der Waals surface area (Å²) in [7, 11) is 0. The fourth-order valence-corrected chi connectivity index (χ4v) is 6.61. The molecule has 14 heteroatoms. The van der Waals surface area contributed by atoms with Gasteiger partial charge in [0.1, 0.15) is 11.4 Å². The average Bonchev–Trinajstić information content (AvgIpc) is 3.46. The zero-order valence-electron chi connectivity index (χ0n) is 25.7. The Morgan fingerprint density at radius 1 is 0.872 bits per heavy atom. The third kappa shape index (κ3) is 6.86. The number of aryl methyl sites for hydroxylation is 1. The molecular formula is C33H34F6N6O2. The van der Waals surface area contributed by atoms with Gasteiger partial charge in [-0.3, -0.25) is 9.59 Å². The molecule has 8 nitrogen and oxygen atoms in total. The predicted octanol–water partition coefficient (Wildman–Crippen LogP) is 6.54. The number of piperidine rings is 1. The summed E-state index contributed by atoms with van der Waals surface area (Å²) in [5.41, 5.74) is -1.26. The molecule has 0 bridgehead atoms. The quantitative estimate of drug-likeness (QED) is 0.313. The van der Waals surface area contributed by atoms with Crippen molar-refractivity contribution in [1.29, 1.82) is 0 Å². The maximum atomic E-state index is 14.3. The molecule has 0 atom stereocenters. The Balaban J connectivity index is 1.37. The molecular weight excluding hydrogens is 626 g/mol. The van der Waals surface area contributed by atoms with Crippen LogP contribution < -0.4 is 10.2 Å². The van der Waals surface area contributed by atoms with Crippen molar-refractivity contribution in [3.63, 3.8) is 0 Å². The molecule has 2 amide bonds. The topological polar surface area (TPSA) is 81.7 Å². The van der Waals surface area contributed by atoms with E-state index in [1.165, 1.54) is 4.90 Å². The molecule has 1 aromatic heterocycles. The molecule has 2 fully saturated rings. The van der Waals surface area contributed by atoms with Crippen LogP contribution in [0.1, 0.15) is 64.7 Å². The predicted molar refractivity (Wildman–Crippen MR) is 163 cm³/mol. The minimum Gasteiger partial charge on any atom is -0.369 e. The largest absolute Gasteiger partial charge is 0.416 e. The van der Waals surface area contributed by atoms with Gasteiger partial charge in [0.25, 0.3) is 5.91 Å². The summed E-state index contributed by atoms with van der Waals surface area (Å²) in [4.78, 5) is 41.5. The molecule has 3 aliphatic rings. The van der Waals surface area contributed by atoms with Crippen molar-refractivity contribution < 1.29 is 35.9 Å². The van der Waals surface area contributed by atoms with Gasteiger partial charge in [-0.2, -0.15) is 31.3 Å². The highest BCUT2D eigenvalue weighted by molar-refractivity contribution is 6.05. The van der Waals surface area contributed by atoms with Gasteiger partial charge < -0.3 is 20.0 Å². The summed E-state index contributed by atoms with van der Waals surface area (Å²) in [5, 5.41) is 3.23. The van der Waals surface area contributed by atoms with Crippen LogP contribution in [0.25, 0.3) is 11.3 Å². The van der Waals surface area contributed by atoms with Crippen LogP contribution in [0.4, 0.5) is 38.1 Å².